The standard InChI is InChI=1S/C17H20N2O4/c1-2-18-10-14(8-15(18)20)16(21)19-6-5-11-3-4-12(17(22)23)7-13(11)9-19/h3-4,7,14H,2,5-6,8-10H2,1H3,(H,22,23). The Morgan fingerprint density at radius 2 is 2.09 bits per heavy atom. The van der Waals surface area contributed by atoms with Gasteiger partial charge in [0.15, 0.2) is 0 Å². The van der Waals surface area contributed by atoms with Crippen LogP contribution in [-0.2, 0) is 22.6 Å². The number of hydrogen-bond donors (Lipinski definition) is 1. The molecule has 1 fully saturated rings. The van der Waals surface area contributed by atoms with Gasteiger partial charge >= 0.3 is 5.97 Å². The summed E-state index contributed by atoms with van der Waals surface area (Å²) in [4.78, 5) is 39.0. The molecule has 1 atom stereocenters. The molecule has 0 saturated carbocycles. The van der Waals surface area contributed by atoms with Crippen LogP contribution in [-0.4, -0.2) is 52.3 Å². The predicted molar refractivity (Wildman–Crippen MR) is 82.9 cm³/mol. The fraction of sp³-hybridized carbons (Fsp3) is 0.471. The number of likely N-dealkylation sites (tertiary alicyclic amines) is 1. The summed E-state index contributed by atoms with van der Waals surface area (Å²) < 4.78 is 0. The summed E-state index contributed by atoms with van der Waals surface area (Å²) >= 11 is 0. The van der Waals surface area contributed by atoms with E-state index in [1.165, 1.54) is 0 Å². The van der Waals surface area contributed by atoms with Crippen LogP contribution in [0.5, 0.6) is 0 Å². The third-order valence-corrected chi connectivity index (χ3v) is 4.72. The van der Waals surface area contributed by atoms with E-state index in [1.807, 2.05) is 13.0 Å². The van der Waals surface area contributed by atoms with Gasteiger partial charge in [0.25, 0.3) is 0 Å². The Balaban J connectivity index is 1.74. The fourth-order valence-corrected chi connectivity index (χ4v) is 3.38. The topological polar surface area (TPSA) is 77.9 Å². The Morgan fingerprint density at radius 1 is 1.30 bits per heavy atom. The second kappa shape index (κ2) is 6.02. The first-order valence-electron chi connectivity index (χ1n) is 7.91. The SMILES string of the molecule is CCN1CC(C(=O)N2CCc3ccc(C(=O)O)cc3C2)CC1=O. The van der Waals surface area contributed by atoms with E-state index in [0.717, 1.165) is 17.5 Å². The van der Waals surface area contributed by atoms with Gasteiger partial charge in [0.2, 0.25) is 11.8 Å². The van der Waals surface area contributed by atoms with Gasteiger partial charge in [-0.15, -0.1) is 0 Å². The Kier molecular flexibility index (Phi) is 4.07. The second-order valence-corrected chi connectivity index (χ2v) is 6.13. The van der Waals surface area contributed by atoms with Gasteiger partial charge in [-0.05, 0) is 36.6 Å². The van der Waals surface area contributed by atoms with E-state index >= 15 is 0 Å². The molecule has 0 spiro atoms. The molecule has 2 aliphatic heterocycles. The second-order valence-electron chi connectivity index (χ2n) is 6.13. The number of hydrogen-bond acceptors (Lipinski definition) is 3. The zero-order chi connectivity index (χ0) is 16.6. The lowest BCUT2D eigenvalue weighted by molar-refractivity contribution is -0.136. The van der Waals surface area contributed by atoms with Gasteiger partial charge in [-0.3, -0.25) is 9.59 Å². The Hall–Kier alpha value is -2.37. The summed E-state index contributed by atoms with van der Waals surface area (Å²) in [5.74, 6) is -1.19. The van der Waals surface area contributed by atoms with Crippen molar-refractivity contribution in [1.29, 1.82) is 0 Å². The molecule has 1 aromatic carbocycles. The molecule has 0 bridgehead atoms. The first-order valence-corrected chi connectivity index (χ1v) is 7.91. The minimum absolute atomic E-state index is 0.000628. The predicted octanol–water partition coefficient (Wildman–Crippen LogP) is 1.14. The van der Waals surface area contributed by atoms with Crippen molar-refractivity contribution in [2.24, 2.45) is 5.92 Å². The summed E-state index contributed by atoms with van der Waals surface area (Å²) in [6.07, 6.45) is 1.00. The third kappa shape index (κ3) is 2.93. The van der Waals surface area contributed by atoms with Crippen LogP contribution >= 0.6 is 0 Å². The van der Waals surface area contributed by atoms with Gasteiger partial charge in [0.1, 0.15) is 0 Å². The lowest BCUT2D eigenvalue weighted by atomic mass is 9.96. The third-order valence-electron chi connectivity index (χ3n) is 4.72. The summed E-state index contributed by atoms with van der Waals surface area (Å²) in [5, 5.41) is 9.10. The number of amides is 2. The van der Waals surface area contributed by atoms with Crippen LogP contribution in [0.1, 0.15) is 34.8 Å². The first kappa shape index (κ1) is 15.5. The molecule has 2 aliphatic rings. The maximum atomic E-state index is 12.7. The largest absolute Gasteiger partial charge is 0.478 e. The molecule has 6 nitrogen and oxygen atoms in total. The average Bonchev–Trinajstić information content (AvgIpc) is 2.94. The number of carboxylic acids is 1. The summed E-state index contributed by atoms with van der Waals surface area (Å²) in [7, 11) is 0. The van der Waals surface area contributed by atoms with Crippen LogP contribution < -0.4 is 0 Å². The molecular formula is C17H20N2O4. The smallest absolute Gasteiger partial charge is 0.335 e. The number of rotatable bonds is 3. The van der Waals surface area contributed by atoms with Crippen molar-refractivity contribution >= 4 is 17.8 Å². The Bertz CT molecular complexity index is 671. The number of carbonyl (C=O) groups excluding carboxylic acids is 2. The van der Waals surface area contributed by atoms with E-state index in [1.54, 1.807) is 21.9 Å². The molecule has 0 radical (unpaired) electrons. The zero-order valence-corrected chi connectivity index (χ0v) is 13.1. The van der Waals surface area contributed by atoms with Gasteiger partial charge in [-0.25, -0.2) is 4.79 Å². The van der Waals surface area contributed by atoms with Crippen molar-refractivity contribution in [2.75, 3.05) is 19.6 Å². The van der Waals surface area contributed by atoms with Crippen LogP contribution in [0, 0.1) is 5.92 Å². The van der Waals surface area contributed by atoms with Crippen LogP contribution in [0.25, 0.3) is 0 Å². The Morgan fingerprint density at radius 3 is 2.74 bits per heavy atom. The van der Waals surface area contributed by atoms with Crippen molar-refractivity contribution in [2.45, 2.75) is 26.3 Å². The maximum Gasteiger partial charge on any atom is 0.335 e. The molecular weight excluding hydrogens is 296 g/mol. The van der Waals surface area contributed by atoms with E-state index in [9.17, 15) is 14.4 Å². The molecule has 0 aliphatic carbocycles. The molecule has 23 heavy (non-hydrogen) atoms. The van der Waals surface area contributed by atoms with E-state index in [4.69, 9.17) is 5.11 Å². The quantitative estimate of drug-likeness (QED) is 0.907. The average molecular weight is 316 g/mol. The minimum atomic E-state index is -0.962. The molecule has 0 aromatic heterocycles. The van der Waals surface area contributed by atoms with Crippen molar-refractivity contribution in [3.63, 3.8) is 0 Å². The molecule has 3 rings (SSSR count). The van der Waals surface area contributed by atoms with Crippen molar-refractivity contribution in [1.82, 2.24) is 9.80 Å². The fourth-order valence-electron chi connectivity index (χ4n) is 3.38. The number of carbonyl (C=O) groups is 3. The molecule has 1 unspecified atom stereocenters. The van der Waals surface area contributed by atoms with E-state index in [2.05, 4.69) is 0 Å². The highest BCUT2D eigenvalue weighted by molar-refractivity contribution is 5.90. The van der Waals surface area contributed by atoms with Gasteiger partial charge in [-0.2, -0.15) is 0 Å². The van der Waals surface area contributed by atoms with Crippen LogP contribution in [0.15, 0.2) is 18.2 Å². The van der Waals surface area contributed by atoms with Crippen molar-refractivity contribution in [3.8, 4) is 0 Å². The normalized spacial score (nSPS) is 20.6. The summed E-state index contributed by atoms with van der Waals surface area (Å²) in [6.45, 7) is 4.08. The van der Waals surface area contributed by atoms with Gasteiger partial charge in [-0.1, -0.05) is 6.07 Å². The molecule has 1 saturated heterocycles. The number of fused-ring (bicyclic) bond motifs is 1. The number of benzene rings is 1. The lowest BCUT2D eigenvalue weighted by Crippen LogP contribution is -2.40. The Labute approximate surface area is 134 Å². The molecule has 122 valence electrons. The van der Waals surface area contributed by atoms with E-state index < -0.39 is 5.97 Å². The first-order chi connectivity index (χ1) is 11.0. The minimum Gasteiger partial charge on any atom is -0.478 e. The van der Waals surface area contributed by atoms with Gasteiger partial charge in [0, 0.05) is 32.6 Å². The number of nitrogens with zero attached hydrogens (tertiary/aromatic N) is 2. The van der Waals surface area contributed by atoms with Crippen LogP contribution in [0.2, 0.25) is 0 Å². The van der Waals surface area contributed by atoms with Gasteiger partial charge < -0.3 is 14.9 Å². The van der Waals surface area contributed by atoms with Crippen LogP contribution in [0.3, 0.4) is 0 Å². The number of aromatic carboxylic acids is 1. The maximum absolute atomic E-state index is 12.7. The summed E-state index contributed by atoms with van der Waals surface area (Å²) in [6, 6.07) is 5.08. The van der Waals surface area contributed by atoms with Gasteiger partial charge in [0.05, 0.1) is 11.5 Å². The molecule has 1 aromatic rings. The van der Waals surface area contributed by atoms with Crippen molar-refractivity contribution in [3.05, 3.63) is 34.9 Å². The molecule has 6 heteroatoms. The number of carboxylic acid groups (broad SMARTS) is 1. The molecule has 2 heterocycles. The molecule has 1 N–H and O–H groups in total. The van der Waals surface area contributed by atoms with Crippen LogP contribution in [0.4, 0.5) is 0 Å². The van der Waals surface area contributed by atoms with E-state index in [0.29, 0.717) is 26.2 Å². The van der Waals surface area contributed by atoms with Crippen molar-refractivity contribution < 1.29 is 19.5 Å². The zero-order valence-electron chi connectivity index (χ0n) is 13.1. The molecule has 2 amide bonds. The highest BCUT2D eigenvalue weighted by atomic mass is 16.4. The highest BCUT2D eigenvalue weighted by Crippen LogP contribution is 2.25. The highest BCUT2D eigenvalue weighted by Gasteiger charge is 2.36. The monoisotopic (exact) mass is 316 g/mol. The summed E-state index contributed by atoms with van der Waals surface area (Å²) in [5.41, 5.74) is 2.23. The lowest BCUT2D eigenvalue weighted by Gasteiger charge is -2.31. The van der Waals surface area contributed by atoms with E-state index in [-0.39, 0.29) is 29.7 Å².